The van der Waals surface area contributed by atoms with Crippen LogP contribution in [0.2, 0.25) is 0 Å². The molecule has 1 saturated heterocycles. The van der Waals surface area contributed by atoms with Crippen LogP contribution < -0.4 is 5.73 Å². The van der Waals surface area contributed by atoms with Crippen LogP contribution in [-0.4, -0.2) is 68.3 Å². The molecule has 0 aromatic heterocycles. The van der Waals surface area contributed by atoms with E-state index in [1.165, 1.54) is 0 Å². The first-order chi connectivity index (χ1) is 7.04. The lowest BCUT2D eigenvalue weighted by atomic mass is 9.92. The maximum absolute atomic E-state index is 5.91. The Morgan fingerprint density at radius 2 is 1.87 bits per heavy atom. The van der Waals surface area contributed by atoms with Crippen LogP contribution in [0.15, 0.2) is 0 Å². The molecule has 1 rings (SSSR count). The molecule has 2 N–H and O–H groups in total. The van der Waals surface area contributed by atoms with Crippen molar-refractivity contribution in [2.24, 2.45) is 5.73 Å². The minimum atomic E-state index is -0.0317. The highest BCUT2D eigenvalue weighted by Gasteiger charge is 2.37. The largest absolute Gasteiger partial charge is 0.380 e. The molecule has 0 amide bonds. The van der Waals surface area contributed by atoms with Gasteiger partial charge in [0.25, 0.3) is 0 Å². The molecular formula is C11H25N3O. The lowest BCUT2D eigenvalue weighted by Crippen LogP contribution is -2.63. The Morgan fingerprint density at radius 1 is 1.33 bits per heavy atom. The third-order valence-electron chi connectivity index (χ3n) is 3.87. The molecule has 0 aliphatic carbocycles. The molecule has 0 spiro atoms. The van der Waals surface area contributed by atoms with Gasteiger partial charge in [-0.05, 0) is 20.9 Å². The van der Waals surface area contributed by atoms with E-state index in [0.717, 1.165) is 26.2 Å². The number of ether oxygens (including phenoxy) is 1. The molecule has 1 aliphatic rings. The molecule has 0 saturated carbocycles. The van der Waals surface area contributed by atoms with E-state index in [9.17, 15) is 0 Å². The number of methoxy groups -OCH3 is 1. The number of likely N-dealkylation sites (N-methyl/N-ethyl adjacent to an activating group) is 1. The zero-order valence-corrected chi connectivity index (χ0v) is 10.5. The van der Waals surface area contributed by atoms with Gasteiger partial charge in [-0.25, -0.2) is 0 Å². The highest BCUT2D eigenvalue weighted by atomic mass is 16.5. The van der Waals surface area contributed by atoms with Crippen LogP contribution in [0.1, 0.15) is 13.8 Å². The first-order valence-corrected chi connectivity index (χ1v) is 5.71. The average molecular weight is 215 g/mol. The summed E-state index contributed by atoms with van der Waals surface area (Å²) in [4.78, 5) is 4.81. The summed E-state index contributed by atoms with van der Waals surface area (Å²) in [5, 5.41) is 0. The second-order valence-corrected chi connectivity index (χ2v) is 4.73. The molecule has 90 valence electrons. The van der Waals surface area contributed by atoms with Crippen LogP contribution in [0.4, 0.5) is 0 Å². The SMILES string of the molecule is COC(C)C(C)(CN)N1CCN(C)CC1. The monoisotopic (exact) mass is 215 g/mol. The van der Waals surface area contributed by atoms with Crippen molar-refractivity contribution in [2.75, 3.05) is 46.9 Å². The van der Waals surface area contributed by atoms with Gasteiger partial charge in [0.05, 0.1) is 11.6 Å². The van der Waals surface area contributed by atoms with Gasteiger partial charge in [0.1, 0.15) is 0 Å². The molecule has 4 nitrogen and oxygen atoms in total. The van der Waals surface area contributed by atoms with Crippen molar-refractivity contribution in [2.45, 2.75) is 25.5 Å². The topological polar surface area (TPSA) is 41.7 Å². The number of piperazine rings is 1. The van der Waals surface area contributed by atoms with Gasteiger partial charge in [-0.1, -0.05) is 0 Å². The van der Waals surface area contributed by atoms with Crippen molar-refractivity contribution in [3.63, 3.8) is 0 Å². The van der Waals surface area contributed by atoms with E-state index in [1.54, 1.807) is 7.11 Å². The minimum Gasteiger partial charge on any atom is -0.380 e. The van der Waals surface area contributed by atoms with Crippen LogP contribution in [0.3, 0.4) is 0 Å². The molecule has 0 aromatic carbocycles. The third-order valence-corrected chi connectivity index (χ3v) is 3.87. The molecular weight excluding hydrogens is 190 g/mol. The summed E-state index contributed by atoms with van der Waals surface area (Å²) in [5.74, 6) is 0. The molecule has 2 unspecified atom stereocenters. The molecule has 2 atom stereocenters. The summed E-state index contributed by atoms with van der Waals surface area (Å²) >= 11 is 0. The predicted octanol–water partition coefficient (Wildman–Crippen LogP) is -0.0139. The Bertz CT molecular complexity index is 192. The number of hydrogen-bond donors (Lipinski definition) is 1. The second kappa shape index (κ2) is 5.25. The molecule has 1 aliphatic heterocycles. The summed E-state index contributed by atoms with van der Waals surface area (Å²) < 4.78 is 5.45. The Balaban J connectivity index is 2.65. The number of nitrogens with two attached hydrogens (primary N) is 1. The fourth-order valence-corrected chi connectivity index (χ4v) is 2.12. The maximum Gasteiger partial charge on any atom is 0.0736 e. The van der Waals surface area contributed by atoms with E-state index >= 15 is 0 Å². The maximum atomic E-state index is 5.91. The Hall–Kier alpha value is -0.160. The first kappa shape index (κ1) is 12.9. The van der Waals surface area contributed by atoms with Crippen molar-refractivity contribution in [3.8, 4) is 0 Å². The van der Waals surface area contributed by atoms with Gasteiger partial charge in [0, 0.05) is 39.8 Å². The highest BCUT2D eigenvalue weighted by Crippen LogP contribution is 2.21. The van der Waals surface area contributed by atoms with Gasteiger partial charge in [0.15, 0.2) is 0 Å². The Labute approximate surface area is 93.4 Å². The van der Waals surface area contributed by atoms with Gasteiger partial charge in [-0.15, -0.1) is 0 Å². The Morgan fingerprint density at radius 3 is 2.27 bits per heavy atom. The molecule has 0 aromatic rings. The standard InChI is InChI=1S/C11H25N3O/c1-10(15-4)11(2,9-12)14-7-5-13(3)6-8-14/h10H,5-9,12H2,1-4H3. The van der Waals surface area contributed by atoms with Crippen LogP contribution in [-0.2, 0) is 4.74 Å². The highest BCUT2D eigenvalue weighted by molar-refractivity contribution is 4.94. The van der Waals surface area contributed by atoms with E-state index < -0.39 is 0 Å². The van der Waals surface area contributed by atoms with Crippen LogP contribution in [0.5, 0.6) is 0 Å². The smallest absolute Gasteiger partial charge is 0.0736 e. The van der Waals surface area contributed by atoms with Crippen molar-refractivity contribution in [3.05, 3.63) is 0 Å². The van der Waals surface area contributed by atoms with Crippen LogP contribution in [0, 0.1) is 0 Å². The van der Waals surface area contributed by atoms with Gasteiger partial charge < -0.3 is 15.4 Å². The first-order valence-electron chi connectivity index (χ1n) is 5.71. The number of rotatable bonds is 4. The summed E-state index contributed by atoms with van der Waals surface area (Å²) in [6, 6.07) is 0. The molecule has 0 radical (unpaired) electrons. The second-order valence-electron chi connectivity index (χ2n) is 4.73. The predicted molar refractivity (Wildman–Crippen MR) is 63.0 cm³/mol. The van der Waals surface area contributed by atoms with Crippen molar-refractivity contribution in [1.29, 1.82) is 0 Å². The summed E-state index contributed by atoms with van der Waals surface area (Å²) in [6.45, 7) is 9.34. The quantitative estimate of drug-likeness (QED) is 0.716. The van der Waals surface area contributed by atoms with Crippen molar-refractivity contribution < 1.29 is 4.74 Å². The fraction of sp³-hybridized carbons (Fsp3) is 1.00. The molecule has 1 heterocycles. The van der Waals surface area contributed by atoms with E-state index in [2.05, 4.69) is 30.7 Å². The zero-order valence-electron chi connectivity index (χ0n) is 10.5. The van der Waals surface area contributed by atoms with Gasteiger partial charge in [0.2, 0.25) is 0 Å². The lowest BCUT2D eigenvalue weighted by Gasteiger charge is -2.47. The zero-order chi connectivity index (χ0) is 11.5. The van der Waals surface area contributed by atoms with Crippen molar-refractivity contribution >= 4 is 0 Å². The number of nitrogens with zero attached hydrogens (tertiary/aromatic N) is 2. The van der Waals surface area contributed by atoms with Crippen LogP contribution >= 0.6 is 0 Å². The summed E-state index contributed by atoms with van der Waals surface area (Å²) in [7, 11) is 3.92. The van der Waals surface area contributed by atoms with Gasteiger partial charge in [-0.2, -0.15) is 0 Å². The molecule has 1 fully saturated rings. The summed E-state index contributed by atoms with van der Waals surface area (Å²) in [5.41, 5.74) is 5.88. The fourth-order valence-electron chi connectivity index (χ4n) is 2.12. The van der Waals surface area contributed by atoms with E-state index in [4.69, 9.17) is 10.5 Å². The van der Waals surface area contributed by atoms with E-state index in [-0.39, 0.29) is 11.6 Å². The minimum absolute atomic E-state index is 0.0317. The molecule has 4 heteroatoms. The molecule has 15 heavy (non-hydrogen) atoms. The van der Waals surface area contributed by atoms with Crippen molar-refractivity contribution in [1.82, 2.24) is 9.80 Å². The lowest BCUT2D eigenvalue weighted by molar-refractivity contribution is -0.0468. The normalized spacial score (nSPS) is 26.2. The molecule has 0 bridgehead atoms. The number of hydrogen-bond acceptors (Lipinski definition) is 4. The summed E-state index contributed by atoms with van der Waals surface area (Å²) in [6.07, 6.45) is 0.172. The van der Waals surface area contributed by atoms with Gasteiger partial charge >= 0.3 is 0 Å². The Kier molecular flexibility index (Phi) is 4.52. The van der Waals surface area contributed by atoms with E-state index in [1.807, 2.05) is 0 Å². The third kappa shape index (κ3) is 2.69. The average Bonchev–Trinajstić information content (AvgIpc) is 2.27. The van der Waals surface area contributed by atoms with Gasteiger partial charge in [-0.3, -0.25) is 4.90 Å². The van der Waals surface area contributed by atoms with E-state index in [0.29, 0.717) is 6.54 Å². The van der Waals surface area contributed by atoms with Crippen LogP contribution in [0.25, 0.3) is 0 Å².